The number of alkyl halides is 3. The largest absolute Gasteiger partial charge is 0.543 e. The molecule has 1 atom stereocenters. The Morgan fingerprint density at radius 3 is 1.75 bits per heavy atom. The van der Waals surface area contributed by atoms with Crippen LogP contribution in [0.4, 0.5) is 13.2 Å². The smallest absolute Gasteiger partial charge is 0.451 e. The van der Waals surface area contributed by atoms with E-state index in [0.29, 0.717) is 0 Å². The van der Waals surface area contributed by atoms with E-state index in [4.69, 9.17) is 13.3 Å². The average molecular weight is 262 g/mol. The van der Waals surface area contributed by atoms with E-state index in [1.54, 1.807) is 0 Å². The molecule has 0 aliphatic rings. The first kappa shape index (κ1) is 15.4. The number of hydrogen-bond acceptors (Lipinski definition) is 5. The molecular formula is C7H13F3O5Si. The summed E-state index contributed by atoms with van der Waals surface area (Å²) in [5.74, 6) is -2.30. The molecule has 0 aromatic carbocycles. The second kappa shape index (κ2) is 5.62. The van der Waals surface area contributed by atoms with Gasteiger partial charge in [0.2, 0.25) is 0 Å². The first-order chi connectivity index (χ1) is 7.23. The number of carbonyl (C=O) groups excluding carboxylic acids is 1. The zero-order valence-electron chi connectivity index (χ0n) is 9.25. The summed E-state index contributed by atoms with van der Waals surface area (Å²) in [7, 11) is 0.211. The molecule has 1 unspecified atom stereocenters. The predicted molar refractivity (Wildman–Crippen MR) is 48.4 cm³/mol. The zero-order chi connectivity index (χ0) is 13.0. The number of ether oxygens (including phenoxy) is 1. The second-order valence-electron chi connectivity index (χ2n) is 2.76. The molecule has 0 aliphatic heterocycles. The molecule has 96 valence electrons. The van der Waals surface area contributed by atoms with E-state index in [1.165, 1.54) is 28.3 Å². The normalized spacial score (nSPS) is 14.7. The monoisotopic (exact) mass is 262 g/mol. The molecule has 0 spiro atoms. The van der Waals surface area contributed by atoms with Gasteiger partial charge in [0.1, 0.15) is 0 Å². The highest BCUT2D eigenvalue weighted by molar-refractivity contribution is 6.62. The van der Waals surface area contributed by atoms with Gasteiger partial charge >= 0.3 is 21.0 Å². The van der Waals surface area contributed by atoms with Crippen LogP contribution in [-0.4, -0.2) is 48.0 Å². The van der Waals surface area contributed by atoms with Crippen molar-refractivity contribution in [1.82, 2.24) is 0 Å². The molecule has 9 heteroatoms. The number of carbonyl (C=O) groups is 1. The van der Waals surface area contributed by atoms with Crippen LogP contribution < -0.4 is 0 Å². The summed E-state index contributed by atoms with van der Waals surface area (Å²) >= 11 is 0. The topological polar surface area (TPSA) is 54.0 Å². The fourth-order valence-electron chi connectivity index (χ4n) is 1.05. The molecule has 0 N–H and O–H groups in total. The molecule has 0 radical (unpaired) electrons. The second-order valence-corrected chi connectivity index (χ2v) is 6.01. The van der Waals surface area contributed by atoms with Crippen molar-refractivity contribution in [2.45, 2.75) is 18.8 Å². The van der Waals surface area contributed by atoms with Crippen LogP contribution in [0.2, 0.25) is 0 Å². The van der Waals surface area contributed by atoms with E-state index in [1.807, 2.05) is 0 Å². The van der Waals surface area contributed by atoms with E-state index in [0.717, 1.165) is 0 Å². The Balaban J connectivity index is 4.67. The Morgan fingerprint density at radius 2 is 1.50 bits per heavy atom. The fourth-order valence-corrected chi connectivity index (χ4v) is 2.79. The maximum atomic E-state index is 11.9. The van der Waals surface area contributed by atoms with Gasteiger partial charge in [0, 0.05) is 21.3 Å². The molecule has 0 saturated carbocycles. The summed E-state index contributed by atoms with van der Waals surface area (Å²) in [4.78, 5) is 10.6. The highest BCUT2D eigenvalue weighted by atomic mass is 28.4. The van der Waals surface area contributed by atoms with Gasteiger partial charge in [0.25, 0.3) is 0 Å². The molecule has 0 aromatic rings. The van der Waals surface area contributed by atoms with Gasteiger partial charge < -0.3 is 18.0 Å². The van der Waals surface area contributed by atoms with Gasteiger partial charge in [0.05, 0.1) is 0 Å². The average Bonchev–Trinajstić information content (AvgIpc) is 2.19. The van der Waals surface area contributed by atoms with Crippen molar-refractivity contribution in [2.24, 2.45) is 0 Å². The van der Waals surface area contributed by atoms with Crippen molar-refractivity contribution in [1.29, 1.82) is 0 Å². The van der Waals surface area contributed by atoms with E-state index in [-0.39, 0.29) is 0 Å². The quantitative estimate of drug-likeness (QED) is 0.544. The van der Waals surface area contributed by atoms with Crippen LogP contribution in [0.25, 0.3) is 0 Å². The van der Waals surface area contributed by atoms with E-state index in [9.17, 15) is 18.0 Å². The van der Waals surface area contributed by atoms with Crippen molar-refractivity contribution in [2.75, 3.05) is 21.3 Å². The Bertz CT molecular complexity index is 232. The predicted octanol–water partition coefficient (Wildman–Crippen LogP) is 0.898. The van der Waals surface area contributed by atoms with Crippen molar-refractivity contribution in [3.63, 3.8) is 0 Å². The van der Waals surface area contributed by atoms with E-state index >= 15 is 0 Å². The molecule has 0 bridgehead atoms. The molecule has 0 heterocycles. The minimum Gasteiger partial charge on any atom is -0.451 e. The SMILES string of the molecule is CO[Si](OC)(OC)C(C)OC(=O)C(F)(F)F. The van der Waals surface area contributed by atoms with Gasteiger partial charge in [0.15, 0.2) is 5.73 Å². The third-order valence-corrected chi connectivity index (χ3v) is 4.69. The van der Waals surface area contributed by atoms with E-state index < -0.39 is 26.7 Å². The lowest BCUT2D eigenvalue weighted by Crippen LogP contribution is -2.55. The molecule has 0 fully saturated rings. The van der Waals surface area contributed by atoms with Crippen LogP contribution in [0.5, 0.6) is 0 Å². The summed E-state index contributed by atoms with van der Waals surface area (Å²) < 4.78 is 54.5. The van der Waals surface area contributed by atoms with Crippen LogP contribution >= 0.6 is 0 Å². The van der Waals surface area contributed by atoms with Crippen molar-refractivity contribution in [3.8, 4) is 0 Å². The number of halogens is 3. The Hall–Kier alpha value is -0.643. The summed E-state index contributed by atoms with van der Waals surface area (Å²) in [5, 5.41) is 0. The summed E-state index contributed by atoms with van der Waals surface area (Å²) in [6.07, 6.45) is -5.05. The van der Waals surface area contributed by atoms with Crippen molar-refractivity contribution >= 4 is 14.8 Å². The van der Waals surface area contributed by atoms with Crippen molar-refractivity contribution in [3.05, 3.63) is 0 Å². The lowest BCUT2D eigenvalue weighted by Gasteiger charge is -2.29. The van der Waals surface area contributed by atoms with Crippen LogP contribution in [0.1, 0.15) is 6.92 Å². The van der Waals surface area contributed by atoms with Gasteiger partial charge in [-0.2, -0.15) is 13.2 Å². The number of esters is 1. The maximum Gasteiger partial charge on any atom is 0.543 e. The third kappa shape index (κ3) is 3.44. The van der Waals surface area contributed by atoms with Gasteiger partial charge in [-0.25, -0.2) is 4.79 Å². The molecule has 0 aromatic heterocycles. The molecule has 16 heavy (non-hydrogen) atoms. The van der Waals surface area contributed by atoms with Gasteiger partial charge in [-0.05, 0) is 6.92 Å². The third-order valence-electron chi connectivity index (χ3n) is 1.87. The van der Waals surface area contributed by atoms with Gasteiger partial charge in [-0.1, -0.05) is 0 Å². The molecule has 0 saturated heterocycles. The first-order valence-corrected chi connectivity index (χ1v) is 5.97. The van der Waals surface area contributed by atoms with Crippen LogP contribution in [0, 0.1) is 0 Å². The summed E-state index contributed by atoms with van der Waals surface area (Å²) in [5.41, 5.74) is -1.25. The number of hydrogen-bond donors (Lipinski definition) is 0. The Labute approximate surface area is 91.8 Å². The summed E-state index contributed by atoms with van der Waals surface area (Å²) in [6, 6.07) is 0. The van der Waals surface area contributed by atoms with Gasteiger partial charge in [-0.3, -0.25) is 0 Å². The van der Waals surface area contributed by atoms with Crippen LogP contribution in [-0.2, 0) is 22.8 Å². The molecular weight excluding hydrogens is 249 g/mol. The summed E-state index contributed by atoms with van der Waals surface area (Å²) in [6.45, 7) is 1.21. The Morgan fingerprint density at radius 1 is 1.12 bits per heavy atom. The Kier molecular flexibility index (Phi) is 5.39. The molecule has 0 aliphatic carbocycles. The number of rotatable bonds is 5. The van der Waals surface area contributed by atoms with Crippen LogP contribution in [0.15, 0.2) is 0 Å². The minimum atomic E-state index is -5.05. The maximum absolute atomic E-state index is 11.9. The fraction of sp³-hybridized carbons (Fsp3) is 0.857. The molecule has 5 nitrogen and oxygen atoms in total. The minimum absolute atomic E-state index is 1.21. The zero-order valence-corrected chi connectivity index (χ0v) is 10.3. The highest BCUT2D eigenvalue weighted by Gasteiger charge is 2.51. The van der Waals surface area contributed by atoms with Crippen molar-refractivity contribution < 1.29 is 36.0 Å². The van der Waals surface area contributed by atoms with Crippen LogP contribution in [0.3, 0.4) is 0 Å². The lowest BCUT2D eigenvalue weighted by atomic mass is 10.6. The standard InChI is InChI=1S/C7H13F3O5Si/c1-5(15-6(11)7(8,9)10)16(12-2,13-3)14-4/h5H,1-4H3. The molecule has 0 amide bonds. The first-order valence-electron chi connectivity index (χ1n) is 4.16. The van der Waals surface area contributed by atoms with Gasteiger partial charge in [-0.15, -0.1) is 0 Å². The van der Waals surface area contributed by atoms with E-state index in [2.05, 4.69) is 4.74 Å². The highest BCUT2D eigenvalue weighted by Crippen LogP contribution is 2.21. The lowest BCUT2D eigenvalue weighted by molar-refractivity contribution is -0.203. The molecule has 0 rings (SSSR count).